The van der Waals surface area contributed by atoms with Crippen LogP contribution in [0.1, 0.15) is 32.1 Å². The fraction of sp³-hybridized carbons (Fsp3) is 0.938. The summed E-state index contributed by atoms with van der Waals surface area (Å²) in [6.45, 7) is 4.18. The van der Waals surface area contributed by atoms with E-state index in [0.29, 0.717) is 5.92 Å². The average molecular weight is 296 g/mol. The lowest BCUT2D eigenvalue weighted by Crippen LogP contribution is -2.67. The van der Waals surface area contributed by atoms with Gasteiger partial charge >= 0.3 is 6.03 Å². The van der Waals surface area contributed by atoms with Crippen LogP contribution >= 0.6 is 0 Å². The van der Waals surface area contributed by atoms with Crippen LogP contribution in [0.15, 0.2) is 0 Å². The van der Waals surface area contributed by atoms with Gasteiger partial charge in [0.15, 0.2) is 0 Å². The Morgan fingerprint density at radius 2 is 2.05 bits per heavy atom. The molecule has 0 aromatic carbocycles. The van der Waals surface area contributed by atoms with Gasteiger partial charge in [0.25, 0.3) is 0 Å². The molecule has 3 fully saturated rings. The number of nitrogens with zero attached hydrogens (tertiary/aromatic N) is 2. The molecule has 1 aliphatic carbocycles. The summed E-state index contributed by atoms with van der Waals surface area (Å²) >= 11 is 0. The minimum atomic E-state index is -0.0644. The van der Waals surface area contributed by atoms with Gasteiger partial charge in [-0.2, -0.15) is 0 Å². The molecular weight excluding hydrogens is 268 g/mol. The quantitative estimate of drug-likeness (QED) is 0.728. The van der Waals surface area contributed by atoms with Gasteiger partial charge in [-0.05, 0) is 43.9 Å². The molecular formula is C16H28N2O3. The van der Waals surface area contributed by atoms with Crippen LogP contribution in [0.5, 0.6) is 0 Å². The Morgan fingerprint density at radius 3 is 2.71 bits per heavy atom. The van der Waals surface area contributed by atoms with Gasteiger partial charge in [0.2, 0.25) is 0 Å². The number of hydrogen-bond acceptors (Lipinski definition) is 3. The Balaban J connectivity index is 1.38. The fourth-order valence-corrected chi connectivity index (χ4v) is 3.45. The third-order valence-corrected chi connectivity index (χ3v) is 4.93. The van der Waals surface area contributed by atoms with E-state index in [-0.39, 0.29) is 11.6 Å². The van der Waals surface area contributed by atoms with E-state index in [2.05, 4.69) is 0 Å². The van der Waals surface area contributed by atoms with Crippen LogP contribution in [0, 0.1) is 11.8 Å². The molecule has 0 bridgehead atoms. The van der Waals surface area contributed by atoms with E-state index >= 15 is 0 Å². The van der Waals surface area contributed by atoms with Crippen LogP contribution in [-0.2, 0) is 9.47 Å². The Labute approximate surface area is 127 Å². The van der Waals surface area contributed by atoms with Gasteiger partial charge in [-0.25, -0.2) is 4.79 Å². The summed E-state index contributed by atoms with van der Waals surface area (Å²) in [6.07, 6.45) is 6.07. The van der Waals surface area contributed by atoms with Crippen molar-refractivity contribution in [1.29, 1.82) is 0 Å². The lowest BCUT2D eigenvalue weighted by Gasteiger charge is -2.53. The summed E-state index contributed by atoms with van der Waals surface area (Å²) in [5.41, 5.74) is -0.0644. The van der Waals surface area contributed by atoms with Crippen LogP contribution in [-0.4, -0.2) is 68.4 Å². The van der Waals surface area contributed by atoms with Gasteiger partial charge in [0, 0.05) is 33.9 Å². The number of rotatable bonds is 5. The summed E-state index contributed by atoms with van der Waals surface area (Å²) < 4.78 is 11.8. The SMILES string of the molecule is CN(C)C(=O)N1CC2(CC(CCOCC3CC3)CCO2)C1. The smallest absolute Gasteiger partial charge is 0.319 e. The first-order valence-corrected chi connectivity index (χ1v) is 8.26. The number of carbonyl (C=O) groups excluding carboxylic acids is 1. The second kappa shape index (κ2) is 6.13. The van der Waals surface area contributed by atoms with Crippen molar-refractivity contribution in [2.24, 2.45) is 11.8 Å². The molecule has 120 valence electrons. The van der Waals surface area contributed by atoms with Crippen molar-refractivity contribution < 1.29 is 14.3 Å². The van der Waals surface area contributed by atoms with E-state index in [0.717, 1.165) is 58.1 Å². The van der Waals surface area contributed by atoms with Crippen LogP contribution in [0.25, 0.3) is 0 Å². The minimum Gasteiger partial charge on any atom is -0.381 e. The first-order chi connectivity index (χ1) is 10.1. The summed E-state index contributed by atoms with van der Waals surface area (Å²) in [7, 11) is 3.60. The zero-order chi connectivity index (χ0) is 14.9. The second-order valence-electron chi connectivity index (χ2n) is 7.23. The van der Waals surface area contributed by atoms with E-state index < -0.39 is 0 Å². The highest BCUT2D eigenvalue weighted by Crippen LogP contribution is 2.38. The van der Waals surface area contributed by atoms with Crippen molar-refractivity contribution in [3.05, 3.63) is 0 Å². The molecule has 0 aromatic rings. The predicted molar refractivity (Wildman–Crippen MR) is 80.2 cm³/mol. The third-order valence-electron chi connectivity index (χ3n) is 4.93. The van der Waals surface area contributed by atoms with Crippen LogP contribution < -0.4 is 0 Å². The van der Waals surface area contributed by atoms with E-state index in [1.54, 1.807) is 19.0 Å². The van der Waals surface area contributed by atoms with Crippen LogP contribution in [0.4, 0.5) is 4.79 Å². The molecule has 2 aliphatic heterocycles. The highest BCUT2D eigenvalue weighted by atomic mass is 16.5. The Morgan fingerprint density at radius 1 is 1.29 bits per heavy atom. The highest BCUT2D eigenvalue weighted by Gasteiger charge is 2.49. The maximum Gasteiger partial charge on any atom is 0.319 e. The molecule has 2 heterocycles. The van der Waals surface area contributed by atoms with Crippen molar-refractivity contribution in [2.75, 3.05) is 47.0 Å². The zero-order valence-electron chi connectivity index (χ0n) is 13.3. The van der Waals surface area contributed by atoms with E-state index in [4.69, 9.17) is 9.47 Å². The van der Waals surface area contributed by atoms with E-state index in [1.165, 1.54) is 12.8 Å². The van der Waals surface area contributed by atoms with Gasteiger partial charge in [-0.3, -0.25) is 0 Å². The molecule has 5 nitrogen and oxygen atoms in total. The topological polar surface area (TPSA) is 42.0 Å². The van der Waals surface area contributed by atoms with Crippen LogP contribution in [0.3, 0.4) is 0 Å². The molecule has 3 rings (SSSR count). The van der Waals surface area contributed by atoms with Gasteiger partial charge in [0.05, 0.1) is 13.1 Å². The minimum absolute atomic E-state index is 0.0644. The standard InChI is InChI=1S/C16H28N2O3/c1-17(2)15(19)18-11-16(12-18)9-13(6-8-21-16)5-7-20-10-14-3-4-14/h13-14H,3-12H2,1-2H3. The average Bonchev–Trinajstić information content (AvgIpc) is 3.24. The van der Waals surface area contributed by atoms with Gasteiger partial charge in [-0.1, -0.05) is 0 Å². The fourth-order valence-electron chi connectivity index (χ4n) is 3.45. The normalized spacial score (nSPS) is 27.5. The molecule has 0 N–H and O–H groups in total. The molecule has 3 aliphatic rings. The van der Waals surface area contributed by atoms with Gasteiger partial charge in [-0.15, -0.1) is 0 Å². The zero-order valence-corrected chi connectivity index (χ0v) is 13.3. The number of ether oxygens (including phenoxy) is 2. The highest BCUT2D eigenvalue weighted by molar-refractivity contribution is 5.75. The Bertz CT molecular complexity index is 376. The number of amides is 2. The Kier molecular flexibility index (Phi) is 4.41. The van der Waals surface area contributed by atoms with Crippen molar-refractivity contribution in [2.45, 2.75) is 37.7 Å². The van der Waals surface area contributed by atoms with Crippen LogP contribution in [0.2, 0.25) is 0 Å². The molecule has 21 heavy (non-hydrogen) atoms. The van der Waals surface area contributed by atoms with E-state index in [1.807, 2.05) is 4.90 Å². The van der Waals surface area contributed by atoms with Crippen molar-refractivity contribution in [3.8, 4) is 0 Å². The number of hydrogen-bond donors (Lipinski definition) is 0. The first kappa shape index (κ1) is 15.1. The Hall–Kier alpha value is -0.810. The molecule has 1 unspecified atom stereocenters. The lowest BCUT2D eigenvalue weighted by atomic mass is 9.79. The van der Waals surface area contributed by atoms with Gasteiger partial charge in [0.1, 0.15) is 5.60 Å². The number of likely N-dealkylation sites (tertiary alicyclic amines) is 1. The third kappa shape index (κ3) is 3.69. The largest absolute Gasteiger partial charge is 0.381 e. The summed E-state index contributed by atoms with van der Waals surface area (Å²) in [5, 5.41) is 0. The lowest BCUT2D eigenvalue weighted by molar-refractivity contribution is -0.167. The molecule has 0 radical (unpaired) electrons. The second-order valence-corrected chi connectivity index (χ2v) is 7.23. The first-order valence-electron chi connectivity index (χ1n) is 8.26. The number of urea groups is 1. The molecule has 1 spiro atoms. The number of carbonyl (C=O) groups is 1. The maximum atomic E-state index is 11.9. The van der Waals surface area contributed by atoms with Gasteiger partial charge < -0.3 is 19.3 Å². The monoisotopic (exact) mass is 296 g/mol. The molecule has 0 aromatic heterocycles. The molecule has 1 saturated carbocycles. The van der Waals surface area contributed by atoms with Crippen molar-refractivity contribution in [3.63, 3.8) is 0 Å². The maximum absolute atomic E-state index is 11.9. The summed E-state index contributed by atoms with van der Waals surface area (Å²) in [5.74, 6) is 1.54. The molecule has 2 amide bonds. The summed E-state index contributed by atoms with van der Waals surface area (Å²) in [6, 6.07) is 0.0964. The molecule has 5 heteroatoms. The molecule has 2 saturated heterocycles. The predicted octanol–water partition coefficient (Wildman–Crippen LogP) is 1.97. The van der Waals surface area contributed by atoms with Crippen molar-refractivity contribution >= 4 is 6.03 Å². The van der Waals surface area contributed by atoms with Crippen molar-refractivity contribution in [1.82, 2.24) is 9.80 Å². The van der Waals surface area contributed by atoms with E-state index in [9.17, 15) is 4.79 Å². The summed E-state index contributed by atoms with van der Waals surface area (Å²) in [4.78, 5) is 15.4. The molecule has 1 atom stereocenters.